The molecule has 11 heavy (non-hydrogen) atoms. The Labute approximate surface area is 62.0 Å². The van der Waals surface area contributed by atoms with E-state index in [0.29, 0.717) is 11.3 Å². The van der Waals surface area contributed by atoms with Gasteiger partial charge in [0, 0.05) is 11.6 Å². The Hall–Kier alpha value is -1.42. The first-order chi connectivity index (χ1) is 5.27. The molecule has 1 aliphatic carbocycles. The van der Waals surface area contributed by atoms with Crippen molar-refractivity contribution in [3.8, 4) is 0 Å². The number of ketones is 2. The summed E-state index contributed by atoms with van der Waals surface area (Å²) in [6.45, 7) is 0.241. The number of carbonyl (C=O) groups is 2. The molecule has 1 saturated heterocycles. The third-order valence-corrected chi connectivity index (χ3v) is 1.49. The van der Waals surface area contributed by atoms with Crippen molar-refractivity contribution in [2.45, 2.75) is 0 Å². The van der Waals surface area contributed by atoms with Crippen molar-refractivity contribution in [3.05, 3.63) is 23.5 Å². The van der Waals surface area contributed by atoms with Gasteiger partial charge in [0.15, 0.2) is 5.76 Å². The third-order valence-electron chi connectivity index (χ3n) is 1.49. The van der Waals surface area contributed by atoms with Crippen molar-refractivity contribution in [3.63, 3.8) is 0 Å². The first-order valence-electron chi connectivity index (χ1n) is 3.08. The van der Waals surface area contributed by atoms with Crippen LogP contribution in [0.4, 0.5) is 0 Å². The summed E-state index contributed by atoms with van der Waals surface area (Å²) in [4.78, 5) is 30.6. The van der Waals surface area contributed by atoms with Gasteiger partial charge in [-0.25, -0.2) is 0 Å². The molecule has 56 valence electrons. The molecule has 1 heterocycles. The van der Waals surface area contributed by atoms with E-state index in [4.69, 9.17) is 0 Å². The first-order valence-corrected chi connectivity index (χ1v) is 3.08. The Morgan fingerprint density at radius 1 is 1.18 bits per heavy atom. The van der Waals surface area contributed by atoms with Gasteiger partial charge in [-0.1, -0.05) is 0 Å². The van der Waals surface area contributed by atoms with E-state index in [1.54, 1.807) is 0 Å². The van der Waals surface area contributed by atoms with Gasteiger partial charge in [0.2, 0.25) is 11.6 Å². The Balaban J connectivity index is 2.44. The molecule has 0 bridgehead atoms. The van der Waals surface area contributed by atoms with Crippen LogP contribution in [0.5, 0.6) is 0 Å². The van der Waals surface area contributed by atoms with Gasteiger partial charge in [0.1, 0.15) is 6.61 Å². The van der Waals surface area contributed by atoms with Crippen molar-refractivity contribution < 1.29 is 19.4 Å². The normalized spacial score (nSPS) is 22.2. The maximum atomic E-state index is 10.8. The SMILES string of the molecule is O=C1C=C2COOC2=CC1=O. The minimum absolute atomic E-state index is 0.241. The lowest BCUT2D eigenvalue weighted by Gasteiger charge is -1.99. The molecule has 2 aliphatic rings. The summed E-state index contributed by atoms with van der Waals surface area (Å²) in [5, 5.41) is 0. The lowest BCUT2D eigenvalue weighted by Crippen LogP contribution is -2.13. The van der Waals surface area contributed by atoms with Crippen LogP contribution in [-0.4, -0.2) is 18.2 Å². The molecule has 0 amide bonds. The molecule has 0 spiro atoms. The van der Waals surface area contributed by atoms with E-state index in [2.05, 4.69) is 9.78 Å². The van der Waals surface area contributed by atoms with E-state index in [0.717, 1.165) is 6.08 Å². The number of rotatable bonds is 0. The van der Waals surface area contributed by atoms with E-state index in [-0.39, 0.29) is 6.61 Å². The van der Waals surface area contributed by atoms with Gasteiger partial charge in [-0.05, 0) is 6.08 Å². The first kappa shape index (κ1) is 6.30. The fourth-order valence-corrected chi connectivity index (χ4v) is 0.930. The topological polar surface area (TPSA) is 52.6 Å². The maximum absolute atomic E-state index is 10.8. The van der Waals surface area contributed by atoms with Gasteiger partial charge in [-0.2, -0.15) is 4.89 Å². The molecule has 0 aromatic rings. The van der Waals surface area contributed by atoms with Crippen molar-refractivity contribution in [1.29, 1.82) is 0 Å². The number of hydrogen-bond acceptors (Lipinski definition) is 4. The summed E-state index contributed by atoms with van der Waals surface area (Å²) in [5.41, 5.74) is 0.634. The van der Waals surface area contributed by atoms with Crippen LogP contribution >= 0.6 is 0 Å². The van der Waals surface area contributed by atoms with Crippen molar-refractivity contribution in [2.24, 2.45) is 0 Å². The molecule has 0 aromatic heterocycles. The lowest BCUT2D eigenvalue weighted by molar-refractivity contribution is -0.223. The maximum Gasteiger partial charge on any atom is 0.229 e. The van der Waals surface area contributed by atoms with Crippen LogP contribution in [0.15, 0.2) is 23.5 Å². The van der Waals surface area contributed by atoms with Crippen LogP contribution in [0.1, 0.15) is 0 Å². The number of carbonyl (C=O) groups excluding carboxylic acids is 2. The highest BCUT2D eigenvalue weighted by Crippen LogP contribution is 2.23. The average Bonchev–Trinajstić information content (AvgIpc) is 2.36. The Morgan fingerprint density at radius 2 is 1.91 bits per heavy atom. The van der Waals surface area contributed by atoms with Gasteiger partial charge >= 0.3 is 0 Å². The molecule has 0 N–H and O–H groups in total. The Morgan fingerprint density at radius 3 is 2.73 bits per heavy atom. The lowest BCUT2D eigenvalue weighted by atomic mass is 10.0. The van der Waals surface area contributed by atoms with E-state index in [1.165, 1.54) is 6.08 Å². The summed E-state index contributed by atoms with van der Waals surface area (Å²) in [7, 11) is 0. The molecule has 4 heteroatoms. The predicted molar refractivity (Wildman–Crippen MR) is 33.2 cm³/mol. The molecule has 0 saturated carbocycles. The fraction of sp³-hybridized carbons (Fsp3) is 0.143. The molecule has 0 radical (unpaired) electrons. The van der Waals surface area contributed by atoms with Crippen LogP contribution < -0.4 is 0 Å². The number of fused-ring (bicyclic) bond motifs is 1. The largest absolute Gasteiger partial charge is 0.337 e. The third kappa shape index (κ3) is 0.877. The molecule has 1 fully saturated rings. The van der Waals surface area contributed by atoms with Crippen LogP contribution in [0.2, 0.25) is 0 Å². The molecular weight excluding hydrogens is 148 g/mol. The van der Waals surface area contributed by atoms with Crippen molar-refractivity contribution in [2.75, 3.05) is 6.61 Å². The second-order valence-corrected chi connectivity index (χ2v) is 2.25. The average molecular weight is 152 g/mol. The van der Waals surface area contributed by atoms with Gasteiger partial charge in [0.25, 0.3) is 0 Å². The quantitative estimate of drug-likeness (QED) is 0.276. The Kier molecular flexibility index (Phi) is 1.16. The highest BCUT2D eigenvalue weighted by molar-refractivity contribution is 6.46. The van der Waals surface area contributed by atoms with Crippen LogP contribution in [0.25, 0.3) is 0 Å². The zero-order valence-corrected chi connectivity index (χ0v) is 5.49. The zero-order valence-electron chi connectivity index (χ0n) is 5.49. The van der Waals surface area contributed by atoms with E-state index >= 15 is 0 Å². The van der Waals surface area contributed by atoms with E-state index < -0.39 is 11.6 Å². The van der Waals surface area contributed by atoms with E-state index in [1.807, 2.05) is 0 Å². The minimum atomic E-state index is -0.561. The molecule has 0 unspecified atom stereocenters. The van der Waals surface area contributed by atoms with Crippen LogP contribution in [0.3, 0.4) is 0 Å². The van der Waals surface area contributed by atoms with Crippen molar-refractivity contribution in [1.82, 2.24) is 0 Å². The second-order valence-electron chi connectivity index (χ2n) is 2.25. The van der Waals surface area contributed by atoms with Crippen LogP contribution in [-0.2, 0) is 19.4 Å². The predicted octanol–water partition coefficient (Wildman–Crippen LogP) is -0.0897. The standard InChI is InChI=1S/C7H4O4/c8-5-1-4-3-10-11-7(4)2-6(5)9/h1-2H,3H2. The smallest absolute Gasteiger partial charge is 0.229 e. The molecule has 1 aliphatic heterocycles. The molecule has 0 atom stereocenters. The highest BCUT2D eigenvalue weighted by atomic mass is 17.2. The summed E-state index contributed by atoms with van der Waals surface area (Å²) in [6, 6.07) is 0. The minimum Gasteiger partial charge on any atom is -0.337 e. The van der Waals surface area contributed by atoms with Gasteiger partial charge in [-0.15, -0.1) is 0 Å². The fourth-order valence-electron chi connectivity index (χ4n) is 0.930. The van der Waals surface area contributed by atoms with Gasteiger partial charge in [-0.3, -0.25) is 9.59 Å². The summed E-state index contributed by atoms with van der Waals surface area (Å²) < 4.78 is 0. The van der Waals surface area contributed by atoms with Crippen molar-refractivity contribution >= 4 is 11.6 Å². The summed E-state index contributed by atoms with van der Waals surface area (Å²) in [6.07, 6.45) is 2.38. The van der Waals surface area contributed by atoms with Crippen LogP contribution in [0, 0.1) is 0 Å². The monoisotopic (exact) mass is 152 g/mol. The van der Waals surface area contributed by atoms with Gasteiger partial charge in [0.05, 0.1) is 0 Å². The Bertz CT molecular complexity index is 268. The number of allylic oxidation sites excluding steroid dienone is 2. The molecule has 4 nitrogen and oxygen atoms in total. The highest BCUT2D eigenvalue weighted by Gasteiger charge is 2.26. The summed E-state index contributed by atoms with van der Waals surface area (Å²) in [5.74, 6) is -0.721. The molecule has 0 aromatic carbocycles. The summed E-state index contributed by atoms with van der Waals surface area (Å²) >= 11 is 0. The second kappa shape index (κ2) is 2.03. The van der Waals surface area contributed by atoms with E-state index in [9.17, 15) is 9.59 Å². The molecule has 2 rings (SSSR count). The number of hydrogen-bond donors (Lipinski definition) is 0. The zero-order chi connectivity index (χ0) is 7.84. The molecular formula is C7H4O4. The van der Waals surface area contributed by atoms with Gasteiger partial charge < -0.3 is 4.89 Å².